The molecule has 1 fully saturated rings. The van der Waals surface area contributed by atoms with Crippen molar-refractivity contribution in [2.75, 3.05) is 11.9 Å². The predicted molar refractivity (Wildman–Crippen MR) is 120 cm³/mol. The number of aromatic nitrogens is 1. The summed E-state index contributed by atoms with van der Waals surface area (Å²) in [5, 5.41) is 3.05. The van der Waals surface area contributed by atoms with Gasteiger partial charge in [-0.05, 0) is 70.2 Å². The molecule has 0 bridgehead atoms. The van der Waals surface area contributed by atoms with Gasteiger partial charge in [0.2, 0.25) is 11.1 Å². The van der Waals surface area contributed by atoms with E-state index < -0.39 is 17.7 Å². The van der Waals surface area contributed by atoms with E-state index in [0.717, 1.165) is 18.4 Å². The summed E-state index contributed by atoms with van der Waals surface area (Å²) >= 11 is 0. The van der Waals surface area contributed by atoms with Gasteiger partial charge in [-0.3, -0.25) is 10.1 Å². The zero-order valence-corrected chi connectivity index (χ0v) is 18.6. The summed E-state index contributed by atoms with van der Waals surface area (Å²) in [7, 11) is 0. The van der Waals surface area contributed by atoms with E-state index in [0.29, 0.717) is 16.9 Å². The number of hydrogen-bond acceptors (Lipinski definition) is 7. The Bertz CT molecular complexity index is 1270. The summed E-state index contributed by atoms with van der Waals surface area (Å²) < 4.78 is 16.2. The van der Waals surface area contributed by atoms with Crippen LogP contribution in [0.1, 0.15) is 68.8 Å². The Morgan fingerprint density at radius 3 is 2.56 bits per heavy atom. The number of rotatable bonds is 4. The summed E-state index contributed by atoms with van der Waals surface area (Å²) in [6.07, 6.45) is 2.62. The number of amides is 1. The second-order valence-electron chi connectivity index (χ2n) is 8.90. The van der Waals surface area contributed by atoms with Gasteiger partial charge in [-0.1, -0.05) is 12.5 Å². The van der Waals surface area contributed by atoms with E-state index in [1.165, 1.54) is 12.5 Å². The van der Waals surface area contributed by atoms with Gasteiger partial charge in [-0.15, -0.1) is 0 Å². The molecule has 168 valence electrons. The Balaban J connectivity index is 1.84. The van der Waals surface area contributed by atoms with Gasteiger partial charge in [0.15, 0.2) is 5.82 Å². The molecule has 1 amide bonds. The lowest BCUT2D eigenvalue weighted by molar-refractivity contribution is 0.0527. The van der Waals surface area contributed by atoms with E-state index in [9.17, 15) is 14.4 Å². The van der Waals surface area contributed by atoms with Crippen LogP contribution in [-0.4, -0.2) is 29.3 Å². The van der Waals surface area contributed by atoms with E-state index in [1.54, 1.807) is 33.8 Å². The van der Waals surface area contributed by atoms with Crippen molar-refractivity contribution < 1.29 is 23.5 Å². The average molecular weight is 438 g/mol. The van der Waals surface area contributed by atoms with Gasteiger partial charge in [0.1, 0.15) is 16.7 Å². The molecule has 4 rings (SSSR count). The molecule has 1 aliphatic rings. The maximum atomic E-state index is 13.3. The highest BCUT2D eigenvalue weighted by molar-refractivity contribution is 6.02. The van der Waals surface area contributed by atoms with Gasteiger partial charge < -0.3 is 13.9 Å². The fraction of sp³-hybridized carbons (Fsp3) is 0.417. The van der Waals surface area contributed by atoms with E-state index in [2.05, 4.69) is 10.3 Å². The smallest absolute Gasteiger partial charge is 0.413 e. The van der Waals surface area contributed by atoms with Crippen LogP contribution >= 0.6 is 0 Å². The van der Waals surface area contributed by atoms with E-state index in [1.807, 2.05) is 12.1 Å². The first kappa shape index (κ1) is 21.8. The van der Waals surface area contributed by atoms with Crippen LogP contribution in [0, 0.1) is 0 Å². The first-order valence-electron chi connectivity index (χ1n) is 10.7. The molecular weight excluding hydrogens is 412 g/mol. The number of nitrogens with one attached hydrogen (secondary N) is 1. The minimum atomic E-state index is -0.789. The molecule has 1 N–H and O–H groups in total. The van der Waals surface area contributed by atoms with Crippen LogP contribution in [0.4, 0.5) is 10.6 Å². The van der Waals surface area contributed by atoms with Gasteiger partial charge in [0.05, 0.1) is 17.4 Å². The third-order valence-corrected chi connectivity index (χ3v) is 5.38. The molecule has 0 spiro atoms. The summed E-state index contributed by atoms with van der Waals surface area (Å²) in [5.41, 5.74) is 0.433. The highest BCUT2D eigenvalue weighted by Crippen LogP contribution is 2.37. The van der Waals surface area contributed by atoms with Gasteiger partial charge in [0, 0.05) is 0 Å². The summed E-state index contributed by atoms with van der Waals surface area (Å²) in [5.74, 6) is -0.349. The Labute approximate surface area is 184 Å². The van der Waals surface area contributed by atoms with Crippen LogP contribution in [0.15, 0.2) is 33.5 Å². The van der Waals surface area contributed by atoms with E-state index in [-0.39, 0.29) is 34.5 Å². The van der Waals surface area contributed by atoms with Crippen molar-refractivity contribution in [3.63, 3.8) is 0 Å². The summed E-state index contributed by atoms with van der Waals surface area (Å²) in [6.45, 7) is 6.94. The number of pyridine rings is 1. The molecule has 8 heteroatoms. The second kappa shape index (κ2) is 8.26. The Morgan fingerprint density at radius 2 is 1.94 bits per heavy atom. The Hall–Kier alpha value is -3.42. The molecule has 0 aliphatic heterocycles. The van der Waals surface area contributed by atoms with Crippen molar-refractivity contribution in [2.24, 2.45) is 0 Å². The number of benzene rings is 1. The molecule has 8 nitrogen and oxygen atoms in total. The molecule has 2 heterocycles. The monoisotopic (exact) mass is 438 g/mol. The Morgan fingerprint density at radius 1 is 1.19 bits per heavy atom. The third kappa shape index (κ3) is 4.30. The number of ether oxygens (including phenoxy) is 2. The molecule has 32 heavy (non-hydrogen) atoms. The number of hydrogen-bond donors (Lipinski definition) is 1. The molecule has 2 aromatic heterocycles. The second-order valence-corrected chi connectivity index (χ2v) is 8.90. The molecule has 0 saturated heterocycles. The summed E-state index contributed by atoms with van der Waals surface area (Å²) in [6, 6.07) is 6.95. The SMILES string of the molecule is CCOC(=O)c1cc2c(=O)c3cc(C4CCC4)ccc3oc2nc1NC(=O)OC(C)(C)C. The zero-order valence-electron chi connectivity index (χ0n) is 18.6. The highest BCUT2D eigenvalue weighted by atomic mass is 16.6. The van der Waals surface area contributed by atoms with Crippen LogP contribution in [0.5, 0.6) is 0 Å². The van der Waals surface area contributed by atoms with Crippen molar-refractivity contribution in [3.05, 3.63) is 45.6 Å². The fourth-order valence-corrected chi connectivity index (χ4v) is 3.66. The van der Waals surface area contributed by atoms with Crippen molar-refractivity contribution >= 4 is 39.9 Å². The molecular formula is C24H26N2O6. The first-order chi connectivity index (χ1) is 15.2. The fourth-order valence-electron chi connectivity index (χ4n) is 3.66. The lowest BCUT2D eigenvalue weighted by Crippen LogP contribution is -2.28. The van der Waals surface area contributed by atoms with Crippen LogP contribution in [0.25, 0.3) is 22.1 Å². The normalized spacial score (nSPS) is 14.2. The van der Waals surface area contributed by atoms with Crippen LogP contribution in [0.2, 0.25) is 0 Å². The predicted octanol–water partition coefficient (Wildman–Crippen LogP) is 5.13. The van der Waals surface area contributed by atoms with Gasteiger partial charge in [0.25, 0.3) is 0 Å². The lowest BCUT2D eigenvalue weighted by Gasteiger charge is -2.25. The topological polar surface area (TPSA) is 108 Å². The quantitative estimate of drug-likeness (QED) is 0.444. The van der Waals surface area contributed by atoms with Crippen molar-refractivity contribution in [1.29, 1.82) is 0 Å². The molecule has 3 aromatic rings. The standard InChI is InChI=1S/C24H26N2O6/c1-5-30-22(28)17-12-16-19(27)15-11-14(13-7-6-8-13)9-10-18(15)31-21(16)25-20(17)26-23(29)32-24(2,3)4/h9-13H,5-8H2,1-4H3,(H,25,26,29). The van der Waals surface area contributed by atoms with Crippen molar-refractivity contribution in [1.82, 2.24) is 4.98 Å². The molecule has 1 aliphatic carbocycles. The van der Waals surface area contributed by atoms with Crippen LogP contribution in [0.3, 0.4) is 0 Å². The van der Waals surface area contributed by atoms with E-state index >= 15 is 0 Å². The maximum Gasteiger partial charge on any atom is 0.413 e. The molecule has 1 saturated carbocycles. The number of carbonyl (C=O) groups excluding carboxylic acids is 2. The summed E-state index contributed by atoms with van der Waals surface area (Å²) in [4.78, 5) is 42.4. The highest BCUT2D eigenvalue weighted by Gasteiger charge is 2.24. The van der Waals surface area contributed by atoms with Crippen molar-refractivity contribution in [2.45, 2.75) is 58.5 Å². The number of anilines is 1. The largest absolute Gasteiger partial charge is 0.462 e. The Kier molecular flexibility index (Phi) is 5.62. The number of nitrogens with zero attached hydrogens (tertiary/aromatic N) is 1. The number of fused-ring (bicyclic) bond motifs is 2. The lowest BCUT2D eigenvalue weighted by atomic mass is 9.80. The first-order valence-corrected chi connectivity index (χ1v) is 10.7. The molecule has 0 unspecified atom stereocenters. The van der Waals surface area contributed by atoms with Crippen LogP contribution in [-0.2, 0) is 9.47 Å². The van der Waals surface area contributed by atoms with Gasteiger partial charge in [-0.2, -0.15) is 4.98 Å². The molecule has 0 atom stereocenters. The average Bonchev–Trinajstić information content (AvgIpc) is 2.65. The minimum Gasteiger partial charge on any atom is -0.462 e. The van der Waals surface area contributed by atoms with Crippen molar-refractivity contribution in [3.8, 4) is 0 Å². The zero-order chi connectivity index (χ0) is 23.0. The van der Waals surface area contributed by atoms with Gasteiger partial charge >= 0.3 is 12.1 Å². The molecule has 1 aromatic carbocycles. The number of carbonyl (C=O) groups is 2. The van der Waals surface area contributed by atoms with E-state index in [4.69, 9.17) is 13.9 Å². The van der Waals surface area contributed by atoms with Gasteiger partial charge in [-0.25, -0.2) is 9.59 Å². The number of esters is 1. The van der Waals surface area contributed by atoms with Crippen LogP contribution < -0.4 is 10.7 Å². The maximum absolute atomic E-state index is 13.3. The third-order valence-electron chi connectivity index (χ3n) is 5.38. The molecule has 0 radical (unpaired) electrons. The minimum absolute atomic E-state index is 0.0120.